The standard InChI is InChI=1S/C23H21BrN2O3/c1-15(2)29-21-13-12-16(24)14-19(21)23(28)26-20-11-7-6-10-18(20)22(27)25-17-8-4-3-5-9-17/h3-15H,1-2H3,(H,25,27)(H,26,28). The molecule has 0 bridgehead atoms. The minimum Gasteiger partial charge on any atom is -0.490 e. The van der Waals surface area contributed by atoms with Crippen molar-refractivity contribution in [3.8, 4) is 5.75 Å². The zero-order valence-corrected chi connectivity index (χ0v) is 17.7. The van der Waals surface area contributed by atoms with Gasteiger partial charge in [0.05, 0.1) is 22.9 Å². The van der Waals surface area contributed by atoms with E-state index in [1.165, 1.54) is 0 Å². The number of hydrogen-bond acceptors (Lipinski definition) is 3. The molecule has 0 aliphatic rings. The van der Waals surface area contributed by atoms with E-state index in [2.05, 4.69) is 26.6 Å². The van der Waals surface area contributed by atoms with Crippen LogP contribution in [0.1, 0.15) is 34.6 Å². The molecule has 0 radical (unpaired) electrons. The van der Waals surface area contributed by atoms with Crippen molar-refractivity contribution in [1.29, 1.82) is 0 Å². The lowest BCUT2D eigenvalue weighted by atomic mass is 10.1. The maximum absolute atomic E-state index is 13.0. The molecule has 0 heterocycles. The highest BCUT2D eigenvalue weighted by Gasteiger charge is 2.18. The average Bonchev–Trinajstić information content (AvgIpc) is 2.70. The van der Waals surface area contributed by atoms with Gasteiger partial charge in [0.2, 0.25) is 0 Å². The second kappa shape index (κ2) is 9.39. The summed E-state index contributed by atoms with van der Waals surface area (Å²) in [7, 11) is 0. The molecule has 2 amide bonds. The Kier molecular flexibility index (Phi) is 6.67. The van der Waals surface area contributed by atoms with Gasteiger partial charge in [-0.15, -0.1) is 0 Å². The Morgan fingerprint density at radius 1 is 0.828 bits per heavy atom. The van der Waals surface area contributed by atoms with Crippen LogP contribution in [0.15, 0.2) is 77.3 Å². The van der Waals surface area contributed by atoms with Crippen molar-refractivity contribution in [1.82, 2.24) is 0 Å². The molecule has 0 aliphatic carbocycles. The molecule has 3 aromatic carbocycles. The number of hydrogen-bond donors (Lipinski definition) is 2. The first-order valence-electron chi connectivity index (χ1n) is 9.17. The van der Waals surface area contributed by atoms with Crippen molar-refractivity contribution >= 4 is 39.1 Å². The van der Waals surface area contributed by atoms with E-state index in [1.54, 1.807) is 48.5 Å². The Bertz CT molecular complexity index is 1020. The van der Waals surface area contributed by atoms with Crippen molar-refractivity contribution in [2.75, 3.05) is 10.6 Å². The van der Waals surface area contributed by atoms with Gasteiger partial charge in [-0.1, -0.05) is 46.3 Å². The molecule has 0 aromatic heterocycles. The number of ether oxygens (including phenoxy) is 1. The van der Waals surface area contributed by atoms with Gasteiger partial charge in [0.15, 0.2) is 0 Å². The molecule has 0 unspecified atom stereocenters. The lowest BCUT2D eigenvalue weighted by Gasteiger charge is -2.16. The predicted molar refractivity (Wildman–Crippen MR) is 119 cm³/mol. The van der Waals surface area contributed by atoms with Gasteiger partial charge >= 0.3 is 0 Å². The number of anilines is 2. The molecule has 0 aliphatic heterocycles. The van der Waals surface area contributed by atoms with Crippen LogP contribution in [-0.4, -0.2) is 17.9 Å². The summed E-state index contributed by atoms with van der Waals surface area (Å²) in [4.78, 5) is 25.7. The number of rotatable bonds is 6. The quantitative estimate of drug-likeness (QED) is 0.500. The molecule has 2 N–H and O–H groups in total. The van der Waals surface area contributed by atoms with Crippen LogP contribution in [0.2, 0.25) is 0 Å². The minimum absolute atomic E-state index is 0.0772. The van der Waals surface area contributed by atoms with Crippen LogP contribution in [0.5, 0.6) is 5.75 Å². The van der Waals surface area contributed by atoms with Gasteiger partial charge in [0.25, 0.3) is 11.8 Å². The molecule has 0 saturated carbocycles. The zero-order valence-electron chi connectivity index (χ0n) is 16.1. The molecule has 29 heavy (non-hydrogen) atoms. The van der Waals surface area contributed by atoms with Crippen LogP contribution in [0, 0.1) is 0 Å². The number of nitrogens with one attached hydrogen (secondary N) is 2. The van der Waals surface area contributed by atoms with Crippen LogP contribution in [0.25, 0.3) is 0 Å². The van der Waals surface area contributed by atoms with Gasteiger partial charge < -0.3 is 15.4 Å². The molecule has 5 nitrogen and oxygen atoms in total. The number of halogens is 1. The van der Waals surface area contributed by atoms with Gasteiger partial charge in [0.1, 0.15) is 5.75 Å². The summed E-state index contributed by atoms with van der Waals surface area (Å²) in [5, 5.41) is 5.67. The smallest absolute Gasteiger partial charge is 0.259 e. The van der Waals surface area contributed by atoms with Crippen LogP contribution in [-0.2, 0) is 0 Å². The second-order valence-corrected chi connectivity index (χ2v) is 7.54. The number of benzene rings is 3. The lowest BCUT2D eigenvalue weighted by Crippen LogP contribution is -2.19. The van der Waals surface area contributed by atoms with Crippen molar-refractivity contribution in [3.63, 3.8) is 0 Å². The van der Waals surface area contributed by atoms with Gasteiger partial charge in [-0.2, -0.15) is 0 Å². The molecule has 0 saturated heterocycles. The van der Waals surface area contributed by atoms with Crippen molar-refractivity contribution in [3.05, 3.63) is 88.4 Å². The Labute approximate surface area is 178 Å². The van der Waals surface area contributed by atoms with E-state index < -0.39 is 0 Å². The Morgan fingerprint density at radius 3 is 2.21 bits per heavy atom. The van der Waals surface area contributed by atoms with Crippen LogP contribution in [0.3, 0.4) is 0 Å². The third-order valence-corrected chi connectivity index (χ3v) is 4.49. The monoisotopic (exact) mass is 452 g/mol. The maximum atomic E-state index is 13.0. The largest absolute Gasteiger partial charge is 0.490 e. The van der Waals surface area contributed by atoms with Gasteiger partial charge in [0, 0.05) is 10.2 Å². The molecule has 0 fully saturated rings. The number of carbonyl (C=O) groups excluding carboxylic acids is 2. The highest BCUT2D eigenvalue weighted by molar-refractivity contribution is 9.10. The normalized spacial score (nSPS) is 10.5. The molecular formula is C23H21BrN2O3. The first-order valence-corrected chi connectivity index (χ1v) is 9.96. The van der Waals surface area contributed by atoms with Crippen molar-refractivity contribution in [2.45, 2.75) is 20.0 Å². The first kappa shape index (κ1) is 20.6. The summed E-state index contributed by atoms with van der Waals surface area (Å²) in [5.74, 6) is -0.186. The van der Waals surface area contributed by atoms with E-state index in [4.69, 9.17) is 4.74 Å². The van der Waals surface area contributed by atoms with Crippen LogP contribution in [0.4, 0.5) is 11.4 Å². The van der Waals surface area contributed by atoms with E-state index >= 15 is 0 Å². The second-order valence-electron chi connectivity index (χ2n) is 6.63. The lowest BCUT2D eigenvalue weighted by molar-refractivity contribution is 0.102. The average molecular weight is 453 g/mol. The van der Waals surface area contributed by atoms with Gasteiger partial charge in [-0.05, 0) is 56.3 Å². The van der Waals surface area contributed by atoms with Crippen molar-refractivity contribution in [2.24, 2.45) is 0 Å². The zero-order chi connectivity index (χ0) is 20.8. The minimum atomic E-state index is -0.359. The fourth-order valence-electron chi connectivity index (χ4n) is 2.74. The fraction of sp³-hybridized carbons (Fsp3) is 0.130. The highest BCUT2D eigenvalue weighted by atomic mass is 79.9. The molecule has 3 aromatic rings. The van der Waals surface area contributed by atoms with E-state index in [9.17, 15) is 9.59 Å². The van der Waals surface area contributed by atoms with Crippen LogP contribution < -0.4 is 15.4 Å². The van der Waals surface area contributed by atoms with E-state index in [1.807, 2.05) is 38.1 Å². The van der Waals surface area contributed by atoms with E-state index in [0.29, 0.717) is 28.3 Å². The first-order chi connectivity index (χ1) is 13.9. The van der Waals surface area contributed by atoms with Crippen molar-refractivity contribution < 1.29 is 14.3 Å². The highest BCUT2D eigenvalue weighted by Crippen LogP contribution is 2.26. The maximum Gasteiger partial charge on any atom is 0.259 e. The molecule has 0 atom stereocenters. The van der Waals surface area contributed by atoms with E-state index in [0.717, 1.165) is 4.47 Å². The SMILES string of the molecule is CC(C)Oc1ccc(Br)cc1C(=O)Nc1ccccc1C(=O)Nc1ccccc1. The Balaban J connectivity index is 1.85. The summed E-state index contributed by atoms with van der Waals surface area (Å²) >= 11 is 3.39. The summed E-state index contributed by atoms with van der Waals surface area (Å²) in [5.41, 5.74) is 1.84. The summed E-state index contributed by atoms with van der Waals surface area (Å²) in [6, 6.07) is 21.3. The Hall–Kier alpha value is -3.12. The predicted octanol–water partition coefficient (Wildman–Crippen LogP) is 5.74. The Morgan fingerprint density at radius 2 is 1.48 bits per heavy atom. The number of carbonyl (C=O) groups is 2. The van der Waals surface area contributed by atoms with Gasteiger partial charge in [-0.3, -0.25) is 9.59 Å². The summed E-state index contributed by atoms with van der Waals surface area (Å²) in [6.07, 6.45) is -0.0772. The van der Waals surface area contributed by atoms with E-state index in [-0.39, 0.29) is 17.9 Å². The molecule has 148 valence electrons. The summed E-state index contributed by atoms with van der Waals surface area (Å²) < 4.78 is 6.51. The summed E-state index contributed by atoms with van der Waals surface area (Å²) in [6.45, 7) is 3.79. The number of para-hydroxylation sites is 2. The third kappa shape index (κ3) is 5.45. The molecular weight excluding hydrogens is 432 g/mol. The molecule has 6 heteroatoms. The fourth-order valence-corrected chi connectivity index (χ4v) is 3.10. The molecule has 0 spiro atoms. The topological polar surface area (TPSA) is 67.4 Å². The third-order valence-electron chi connectivity index (χ3n) is 4.00. The number of amides is 2. The molecule has 3 rings (SSSR count). The van der Waals surface area contributed by atoms with Gasteiger partial charge in [-0.25, -0.2) is 0 Å². The van der Waals surface area contributed by atoms with Crippen LogP contribution >= 0.6 is 15.9 Å².